The van der Waals surface area contributed by atoms with Crippen molar-refractivity contribution < 1.29 is 28.7 Å². The third-order valence-electron chi connectivity index (χ3n) is 5.15. The third-order valence-corrected chi connectivity index (χ3v) is 5.66. The van der Waals surface area contributed by atoms with Crippen LogP contribution in [0.25, 0.3) is 0 Å². The molecule has 0 aliphatic rings. The van der Waals surface area contributed by atoms with Gasteiger partial charge >= 0.3 is 11.9 Å². The average Bonchev–Trinajstić information content (AvgIpc) is 2.79. The molecule has 0 aliphatic carbocycles. The Bertz CT molecular complexity index is 967. The zero-order valence-electron chi connectivity index (χ0n) is 18.5. The van der Waals surface area contributed by atoms with Crippen molar-refractivity contribution >= 4 is 46.7 Å². The number of ketones is 2. The van der Waals surface area contributed by atoms with E-state index in [4.69, 9.17) is 32.7 Å². The lowest BCUT2D eigenvalue weighted by Crippen LogP contribution is -2.21. The van der Waals surface area contributed by atoms with Gasteiger partial charge in [-0.2, -0.15) is 0 Å². The fourth-order valence-electron chi connectivity index (χ4n) is 3.05. The van der Waals surface area contributed by atoms with Gasteiger partial charge in [0.15, 0.2) is 24.8 Å². The third kappa shape index (κ3) is 9.36. The second-order valence-corrected chi connectivity index (χ2v) is 8.80. The van der Waals surface area contributed by atoms with Crippen LogP contribution in [0.1, 0.15) is 53.8 Å². The maximum Gasteiger partial charge on any atom is 0.306 e. The number of rotatable bonds is 12. The van der Waals surface area contributed by atoms with Crippen LogP contribution in [0.2, 0.25) is 10.0 Å². The van der Waals surface area contributed by atoms with Crippen molar-refractivity contribution in [3.8, 4) is 0 Å². The topological polar surface area (TPSA) is 86.7 Å². The van der Waals surface area contributed by atoms with E-state index in [1.807, 2.05) is 13.8 Å². The van der Waals surface area contributed by atoms with Gasteiger partial charge in [0.25, 0.3) is 0 Å². The van der Waals surface area contributed by atoms with Gasteiger partial charge in [0.2, 0.25) is 0 Å². The number of hydrogen-bond acceptors (Lipinski definition) is 6. The molecular formula is C25H26Cl2O6. The molecule has 0 amide bonds. The Labute approximate surface area is 203 Å². The second kappa shape index (κ2) is 13.1. The summed E-state index contributed by atoms with van der Waals surface area (Å²) in [7, 11) is 0. The molecule has 0 radical (unpaired) electrons. The standard InChI is InChI=1S/C25H26Cl2O6/c1-16(2)19(13-25(31)33-15-23(29)18-5-10-21(27)11-6-18)7-12-24(30)32-14-22(28)17-3-8-20(26)9-4-17/h3-6,8-11,16,19H,7,12-15H2,1-2H3/t19-/m1/s1. The van der Waals surface area contributed by atoms with E-state index in [-0.39, 0.29) is 49.5 Å². The van der Waals surface area contributed by atoms with Crippen molar-refractivity contribution in [3.63, 3.8) is 0 Å². The number of hydrogen-bond donors (Lipinski definition) is 0. The summed E-state index contributed by atoms with van der Waals surface area (Å²) in [6.45, 7) is 3.15. The molecule has 0 heterocycles. The van der Waals surface area contributed by atoms with E-state index in [0.29, 0.717) is 27.6 Å². The van der Waals surface area contributed by atoms with Gasteiger partial charge in [0.05, 0.1) is 0 Å². The van der Waals surface area contributed by atoms with Crippen molar-refractivity contribution in [1.29, 1.82) is 0 Å². The fraction of sp³-hybridized carbons (Fsp3) is 0.360. The molecule has 2 aromatic carbocycles. The summed E-state index contributed by atoms with van der Waals surface area (Å²) in [4.78, 5) is 48.5. The van der Waals surface area contributed by atoms with Gasteiger partial charge in [0, 0.05) is 34.0 Å². The number of halogens is 2. The zero-order valence-corrected chi connectivity index (χ0v) is 20.0. The van der Waals surface area contributed by atoms with Crippen molar-refractivity contribution in [2.75, 3.05) is 13.2 Å². The molecule has 2 rings (SSSR count). The summed E-state index contributed by atoms with van der Waals surface area (Å²) in [6.07, 6.45) is 0.530. The highest BCUT2D eigenvalue weighted by Gasteiger charge is 2.21. The average molecular weight is 493 g/mol. The van der Waals surface area contributed by atoms with Crippen molar-refractivity contribution in [3.05, 3.63) is 69.7 Å². The number of benzene rings is 2. The van der Waals surface area contributed by atoms with E-state index in [1.54, 1.807) is 48.5 Å². The van der Waals surface area contributed by atoms with E-state index in [0.717, 1.165) is 0 Å². The lowest BCUT2D eigenvalue weighted by Gasteiger charge is -2.19. The lowest BCUT2D eigenvalue weighted by atomic mass is 9.88. The molecule has 0 fully saturated rings. The maximum atomic E-state index is 12.2. The maximum absolute atomic E-state index is 12.2. The first-order chi connectivity index (χ1) is 15.7. The van der Waals surface area contributed by atoms with Crippen LogP contribution in [0, 0.1) is 11.8 Å². The van der Waals surface area contributed by atoms with Crippen molar-refractivity contribution in [2.24, 2.45) is 11.8 Å². The minimum atomic E-state index is -0.519. The van der Waals surface area contributed by atoms with Crippen LogP contribution in [0.4, 0.5) is 0 Å². The van der Waals surface area contributed by atoms with Gasteiger partial charge < -0.3 is 9.47 Å². The van der Waals surface area contributed by atoms with Crippen LogP contribution < -0.4 is 0 Å². The second-order valence-electron chi connectivity index (χ2n) is 7.93. The quantitative estimate of drug-likeness (QED) is 0.283. The Morgan fingerprint density at radius 3 is 1.58 bits per heavy atom. The summed E-state index contributed by atoms with van der Waals surface area (Å²) in [5.74, 6) is -1.71. The first kappa shape index (κ1) is 26.6. The molecule has 6 nitrogen and oxygen atoms in total. The SMILES string of the molecule is CC(C)[C@H](CCC(=O)OCC(=O)c1ccc(Cl)cc1)CC(=O)OCC(=O)c1ccc(Cl)cc1. The summed E-state index contributed by atoms with van der Waals surface area (Å²) < 4.78 is 10.2. The van der Waals surface area contributed by atoms with Crippen molar-refractivity contribution in [2.45, 2.75) is 33.1 Å². The van der Waals surface area contributed by atoms with E-state index < -0.39 is 11.9 Å². The predicted octanol–water partition coefficient (Wildman–Crippen LogP) is 5.59. The Morgan fingerprint density at radius 1 is 0.727 bits per heavy atom. The monoisotopic (exact) mass is 492 g/mol. The van der Waals surface area contributed by atoms with Crippen LogP contribution in [-0.4, -0.2) is 36.7 Å². The first-order valence-electron chi connectivity index (χ1n) is 10.5. The number of Topliss-reactive ketones (excluding diaryl/α,β-unsaturated/α-hetero) is 2. The van der Waals surface area contributed by atoms with Crippen molar-refractivity contribution in [1.82, 2.24) is 0 Å². The molecule has 0 aromatic heterocycles. The van der Waals surface area contributed by atoms with Gasteiger partial charge in [-0.15, -0.1) is 0 Å². The van der Waals surface area contributed by atoms with Crippen LogP contribution in [-0.2, 0) is 19.1 Å². The molecule has 33 heavy (non-hydrogen) atoms. The highest BCUT2D eigenvalue weighted by molar-refractivity contribution is 6.31. The Balaban J connectivity index is 1.75. The van der Waals surface area contributed by atoms with Gasteiger partial charge in [-0.3, -0.25) is 19.2 Å². The van der Waals surface area contributed by atoms with Gasteiger partial charge in [-0.25, -0.2) is 0 Å². The van der Waals surface area contributed by atoms with Crippen LogP contribution in [0.5, 0.6) is 0 Å². The minimum Gasteiger partial charge on any atom is -0.457 e. The molecule has 0 aliphatic heterocycles. The molecule has 0 saturated heterocycles. The largest absolute Gasteiger partial charge is 0.457 e. The summed E-state index contributed by atoms with van der Waals surface area (Å²) >= 11 is 11.6. The molecule has 0 bridgehead atoms. The van der Waals surface area contributed by atoms with Crippen LogP contribution in [0.15, 0.2) is 48.5 Å². The van der Waals surface area contributed by atoms with Crippen LogP contribution >= 0.6 is 23.2 Å². The lowest BCUT2D eigenvalue weighted by molar-refractivity contribution is -0.146. The molecule has 2 aromatic rings. The Kier molecular flexibility index (Phi) is 10.6. The number of carbonyl (C=O) groups is 4. The highest BCUT2D eigenvalue weighted by Crippen LogP contribution is 2.22. The summed E-state index contributed by atoms with van der Waals surface area (Å²) in [5, 5.41) is 1.02. The molecule has 0 saturated carbocycles. The number of ether oxygens (including phenoxy) is 2. The molecule has 0 unspecified atom stereocenters. The van der Waals surface area contributed by atoms with Gasteiger partial charge in [-0.05, 0) is 66.8 Å². The molecule has 8 heteroatoms. The molecule has 0 spiro atoms. The smallest absolute Gasteiger partial charge is 0.306 e. The van der Waals surface area contributed by atoms with E-state index in [2.05, 4.69) is 0 Å². The molecule has 1 atom stereocenters. The summed E-state index contributed by atoms with van der Waals surface area (Å²) in [6, 6.07) is 12.6. The summed E-state index contributed by atoms with van der Waals surface area (Å²) in [5.41, 5.74) is 0.812. The van der Waals surface area contributed by atoms with E-state index in [1.165, 1.54) is 0 Å². The molecular weight excluding hydrogens is 467 g/mol. The van der Waals surface area contributed by atoms with Crippen LogP contribution in [0.3, 0.4) is 0 Å². The predicted molar refractivity (Wildman–Crippen MR) is 126 cm³/mol. The molecule has 176 valence electrons. The number of esters is 2. The zero-order chi connectivity index (χ0) is 24.4. The minimum absolute atomic E-state index is 0.0632. The Hall–Kier alpha value is -2.70. The van der Waals surface area contributed by atoms with Gasteiger partial charge in [0.1, 0.15) is 0 Å². The fourth-order valence-corrected chi connectivity index (χ4v) is 3.30. The van der Waals surface area contributed by atoms with E-state index in [9.17, 15) is 19.2 Å². The first-order valence-corrected chi connectivity index (χ1v) is 11.3. The normalized spacial score (nSPS) is 11.7. The molecule has 0 N–H and O–H groups in total. The highest BCUT2D eigenvalue weighted by atomic mass is 35.5. The van der Waals surface area contributed by atoms with Gasteiger partial charge in [-0.1, -0.05) is 37.0 Å². The van der Waals surface area contributed by atoms with E-state index >= 15 is 0 Å². The Morgan fingerprint density at radius 2 is 1.15 bits per heavy atom. The number of carbonyl (C=O) groups excluding carboxylic acids is 4.